The highest BCUT2D eigenvalue weighted by Crippen LogP contribution is 2.44. The predicted octanol–water partition coefficient (Wildman–Crippen LogP) is 5.59. The van der Waals surface area contributed by atoms with Gasteiger partial charge in [0.05, 0.1) is 18.2 Å². The lowest BCUT2D eigenvalue weighted by atomic mass is 9.94. The number of nitrogens with zero attached hydrogens (tertiary/aromatic N) is 2. The number of aryl methyl sites for hydroxylation is 1. The standard InChI is InChI=1S/C29H26N2O4/c1-3-17-35-21-15-13-19(14-16-21)27(32)25-26(23-18-30(2)24-12-8-7-11-22(23)24)31(29(34)28(25)33)20-9-5-4-6-10-20/h4-16,18,26,32H,3,17H2,1-2H3/b27-25+. The summed E-state index contributed by atoms with van der Waals surface area (Å²) in [6.07, 6.45) is 2.81. The minimum atomic E-state index is -0.778. The van der Waals surface area contributed by atoms with Crippen LogP contribution < -0.4 is 9.64 Å². The number of aromatic nitrogens is 1. The van der Waals surface area contributed by atoms with Crippen LogP contribution in [0.15, 0.2) is 90.6 Å². The molecule has 0 saturated carbocycles. The molecule has 1 aliphatic rings. The minimum Gasteiger partial charge on any atom is -0.507 e. The molecule has 1 amide bonds. The van der Waals surface area contributed by atoms with Crippen LogP contribution in [0.1, 0.15) is 30.5 Å². The molecule has 1 unspecified atom stereocenters. The number of para-hydroxylation sites is 2. The molecule has 1 fully saturated rings. The van der Waals surface area contributed by atoms with Crippen LogP contribution in [0.25, 0.3) is 16.7 Å². The fraction of sp³-hybridized carbons (Fsp3) is 0.172. The van der Waals surface area contributed by atoms with E-state index in [2.05, 4.69) is 0 Å². The molecule has 1 saturated heterocycles. The van der Waals surface area contributed by atoms with Gasteiger partial charge >= 0.3 is 0 Å². The third kappa shape index (κ3) is 3.87. The highest BCUT2D eigenvalue weighted by atomic mass is 16.5. The zero-order chi connectivity index (χ0) is 24.5. The van der Waals surface area contributed by atoms with E-state index in [0.29, 0.717) is 23.6 Å². The zero-order valence-corrected chi connectivity index (χ0v) is 19.6. The molecule has 0 spiro atoms. The van der Waals surface area contributed by atoms with Crippen LogP contribution in [0.4, 0.5) is 5.69 Å². The second kappa shape index (κ2) is 9.14. The number of ether oxygens (including phenoxy) is 1. The molecule has 2 heterocycles. The van der Waals surface area contributed by atoms with Crippen molar-refractivity contribution in [1.29, 1.82) is 0 Å². The number of hydrogen-bond donors (Lipinski definition) is 1. The van der Waals surface area contributed by atoms with Gasteiger partial charge in [-0.25, -0.2) is 0 Å². The van der Waals surface area contributed by atoms with Crippen LogP contribution in [0.2, 0.25) is 0 Å². The first kappa shape index (κ1) is 22.5. The topological polar surface area (TPSA) is 71.8 Å². The van der Waals surface area contributed by atoms with Gasteiger partial charge in [0.2, 0.25) is 0 Å². The molecule has 1 atom stereocenters. The highest BCUT2D eigenvalue weighted by Gasteiger charge is 2.47. The largest absolute Gasteiger partial charge is 0.507 e. The molecular weight excluding hydrogens is 440 g/mol. The van der Waals surface area contributed by atoms with Crippen LogP contribution in [0.5, 0.6) is 5.75 Å². The predicted molar refractivity (Wildman–Crippen MR) is 136 cm³/mol. The second-order valence-corrected chi connectivity index (χ2v) is 8.59. The van der Waals surface area contributed by atoms with Crippen molar-refractivity contribution in [2.24, 2.45) is 7.05 Å². The molecule has 4 aromatic rings. The monoisotopic (exact) mass is 466 g/mol. The molecule has 176 valence electrons. The van der Waals surface area contributed by atoms with Gasteiger partial charge in [-0.05, 0) is 48.9 Å². The Balaban J connectivity index is 1.70. The molecular formula is C29H26N2O4. The fourth-order valence-corrected chi connectivity index (χ4v) is 4.66. The highest BCUT2D eigenvalue weighted by molar-refractivity contribution is 6.51. The molecule has 0 aliphatic carbocycles. The summed E-state index contributed by atoms with van der Waals surface area (Å²) in [5.41, 5.74) is 2.85. The molecule has 0 radical (unpaired) electrons. The SMILES string of the molecule is CCCOc1ccc(/C(O)=C2\C(=O)C(=O)N(c3ccccc3)C2c2cn(C)c3ccccc23)cc1. The lowest BCUT2D eigenvalue weighted by molar-refractivity contribution is -0.132. The third-order valence-electron chi connectivity index (χ3n) is 6.30. The molecule has 1 N–H and O–H groups in total. The van der Waals surface area contributed by atoms with E-state index in [1.54, 1.807) is 36.4 Å². The zero-order valence-electron chi connectivity index (χ0n) is 19.6. The van der Waals surface area contributed by atoms with E-state index >= 15 is 0 Å². The number of carbonyl (C=O) groups is 2. The fourth-order valence-electron chi connectivity index (χ4n) is 4.66. The molecule has 35 heavy (non-hydrogen) atoms. The Morgan fingerprint density at radius 2 is 1.63 bits per heavy atom. The summed E-state index contributed by atoms with van der Waals surface area (Å²) < 4.78 is 7.61. The first-order valence-corrected chi connectivity index (χ1v) is 11.6. The van der Waals surface area contributed by atoms with Gasteiger partial charge in [-0.2, -0.15) is 0 Å². The van der Waals surface area contributed by atoms with Crippen molar-refractivity contribution < 1.29 is 19.4 Å². The van der Waals surface area contributed by atoms with E-state index in [9.17, 15) is 14.7 Å². The molecule has 5 rings (SSSR count). The Hall–Kier alpha value is -4.32. The average molecular weight is 467 g/mol. The number of amides is 1. The van der Waals surface area contributed by atoms with Crippen LogP contribution in [0, 0.1) is 0 Å². The van der Waals surface area contributed by atoms with Crippen molar-refractivity contribution in [3.8, 4) is 5.75 Å². The normalized spacial score (nSPS) is 17.3. The minimum absolute atomic E-state index is 0.0671. The van der Waals surface area contributed by atoms with E-state index in [0.717, 1.165) is 22.9 Å². The number of hydrogen-bond acceptors (Lipinski definition) is 4. The van der Waals surface area contributed by atoms with Gasteiger partial charge in [-0.3, -0.25) is 14.5 Å². The van der Waals surface area contributed by atoms with Gasteiger partial charge in [0.15, 0.2) is 0 Å². The lowest BCUT2D eigenvalue weighted by Crippen LogP contribution is -2.29. The Morgan fingerprint density at radius 1 is 0.943 bits per heavy atom. The van der Waals surface area contributed by atoms with Crippen molar-refractivity contribution in [3.05, 3.63) is 102 Å². The maximum Gasteiger partial charge on any atom is 0.300 e. The lowest BCUT2D eigenvalue weighted by Gasteiger charge is -2.25. The molecule has 3 aromatic carbocycles. The maximum atomic E-state index is 13.4. The van der Waals surface area contributed by atoms with Gasteiger partial charge in [0.1, 0.15) is 11.5 Å². The average Bonchev–Trinajstić information content (AvgIpc) is 3.36. The maximum absolute atomic E-state index is 13.4. The molecule has 1 aliphatic heterocycles. The number of aliphatic hydroxyl groups is 1. The summed E-state index contributed by atoms with van der Waals surface area (Å²) >= 11 is 0. The number of fused-ring (bicyclic) bond motifs is 1. The van der Waals surface area contributed by atoms with Crippen LogP contribution in [-0.2, 0) is 16.6 Å². The number of ketones is 1. The van der Waals surface area contributed by atoms with Gasteiger partial charge < -0.3 is 14.4 Å². The number of benzene rings is 3. The van der Waals surface area contributed by atoms with Crippen LogP contribution in [0.3, 0.4) is 0 Å². The van der Waals surface area contributed by atoms with Gasteiger partial charge in [0, 0.05) is 41.0 Å². The number of Topliss-reactive ketones (excluding diaryl/α,β-unsaturated/α-hetero) is 1. The first-order valence-electron chi connectivity index (χ1n) is 11.6. The van der Waals surface area contributed by atoms with Crippen LogP contribution in [-0.4, -0.2) is 28.0 Å². The molecule has 1 aromatic heterocycles. The van der Waals surface area contributed by atoms with Gasteiger partial charge in [-0.15, -0.1) is 0 Å². The first-order chi connectivity index (χ1) is 17.0. The van der Waals surface area contributed by atoms with Gasteiger partial charge in [0.25, 0.3) is 11.7 Å². The Kier molecular flexibility index (Phi) is 5.87. The van der Waals surface area contributed by atoms with E-state index < -0.39 is 17.7 Å². The van der Waals surface area contributed by atoms with E-state index in [1.165, 1.54) is 4.90 Å². The van der Waals surface area contributed by atoms with Crippen molar-refractivity contribution in [2.75, 3.05) is 11.5 Å². The Morgan fingerprint density at radius 3 is 2.34 bits per heavy atom. The summed E-state index contributed by atoms with van der Waals surface area (Å²) in [5.74, 6) is -0.908. The van der Waals surface area contributed by atoms with Crippen molar-refractivity contribution >= 4 is 34.0 Å². The van der Waals surface area contributed by atoms with E-state index in [1.807, 2.05) is 67.2 Å². The number of rotatable bonds is 6. The van der Waals surface area contributed by atoms with Crippen molar-refractivity contribution in [3.63, 3.8) is 0 Å². The summed E-state index contributed by atoms with van der Waals surface area (Å²) in [6, 6.07) is 23.1. The molecule has 0 bridgehead atoms. The Labute approximate surface area is 203 Å². The summed E-state index contributed by atoms with van der Waals surface area (Å²) in [4.78, 5) is 28.2. The Bertz CT molecular complexity index is 1430. The van der Waals surface area contributed by atoms with Crippen LogP contribution >= 0.6 is 0 Å². The van der Waals surface area contributed by atoms with E-state index in [-0.39, 0.29) is 11.3 Å². The smallest absolute Gasteiger partial charge is 0.300 e. The third-order valence-corrected chi connectivity index (χ3v) is 6.30. The molecule has 6 nitrogen and oxygen atoms in total. The number of carbonyl (C=O) groups excluding carboxylic acids is 2. The summed E-state index contributed by atoms with van der Waals surface area (Å²) in [5, 5.41) is 12.3. The van der Waals surface area contributed by atoms with Gasteiger partial charge in [-0.1, -0.05) is 43.3 Å². The summed E-state index contributed by atoms with van der Waals surface area (Å²) in [7, 11) is 1.93. The summed E-state index contributed by atoms with van der Waals surface area (Å²) in [6.45, 7) is 2.62. The second-order valence-electron chi connectivity index (χ2n) is 8.59. The van der Waals surface area contributed by atoms with Crippen molar-refractivity contribution in [1.82, 2.24) is 4.57 Å². The number of anilines is 1. The van der Waals surface area contributed by atoms with Crippen molar-refractivity contribution in [2.45, 2.75) is 19.4 Å². The number of aliphatic hydroxyl groups excluding tert-OH is 1. The van der Waals surface area contributed by atoms with E-state index in [4.69, 9.17) is 4.74 Å². The molecule has 6 heteroatoms. The quantitative estimate of drug-likeness (QED) is 0.228.